The molecular weight excluding hydrogens is 761 g/mol. The Hall–Kier alpha value is -7.94. The summed E-state index contributed by atoms with van der Waals surface area (Å²) in [6.07, 6.45) is 0. The van der Waals surface area contributed by atoms with Crippen LogP contribution in [0.4, 0.5) is 0 Å². The minimum absolute atomic E-state index is 0.138. The third-order valence-electron chi connectivity index (χ3n) is 13.9. The molecule has 1 aliphatic rings. The molecule has 63 heavy (non-hydrogen) atoms. The van der Waals surface area contributed by atoms with Gasteiger partial charge in [-0.2, -0.15) is 0 Å². The third kappa shape index (κ3) is 5.38. The molecule has 10 aromatic carbocycles. The van der Waals surface area contributed by atoms with Crippen molar-refractivity contribution < 1.29 is 0 Å². The number of hydrogen-bond acceptors (Lipinski definition) is 0. The van der Waals surface area contributed by atoms with E-state index in [1.807, 2.05) is 0 Å². The molecule has 0 fully saturated rings. The van der Waals surface area contributed by atoms with Gasteiger partial charge >= 0.3 is 0 Å². The van der Waals surface area contributed by atoms with E-state index < -0.39 is 0 Å². The Morgan fingerprint density at radius 1 is 0.286 bits per heavy atom. The molecule has 13 rings (SSSR count). The van der Waals surface area contributed by atoms with Crippen molar-refractivity contribution in [2.24, 2.45) is 0 Å². The summed E-state index contributed by atoms with van der Waals surface area (Å²) < 4.78 is 4.93. The van der Waals surface area contributed by atoms with Crippen molar-refractivity contribution in [3.8, 4) is 55.9 Å². The number of hydrogen-bond donors (Lipinski definition) is 0. The summed E-state index contributed by atoms with van der Waals surface area (Å²) >= 11 is 0. The van der Waals surface area contributed by atoms with Crippen LogP contribution < -0.4 is 0 Å². The van der Waals surface area contributed by atoms with Gasteiger partial charge in [-0.1, -0.05) is 159 Å². The summed E-state index contributed by atoms with van der Waals surface area (Å²) in [5.74, 6) is 0. The minimum atomic E-state index is -0.138. The van der Waals surface area contributed by atoms with Gasteiger partial charge in [0, 0.05) is 38.3 Å². The Morgan fingerprint density at radius 2 is 0.857 bits per heavy atom. The van der Waals surface area contributed by atoms with E-state index in [2.05, 4.69) is 241 Å². The fourth-order valence-corrected chi connectivity index (χ4v) is 10.8. The lowest BCUT2D eigenvalue weighted by atomic mass is 9.82. The van der Waals surface area contributed by atoms with Crippen molar-refractivity contribution in [2.45, 2.75) is 19.3 Å². The Labute approximate surface area is 366 Å². The Bertz CT molecular complexity index is 3800. The molecule has 0 atom stereocenters. The van der Waals surface area contributed by atoms with Gasteiger partial charge in [0.15, 0.2) is 0 Å². The highest BCUT2D eigenvalue weighted by atomic mass is 15.0. The number of aromatic nitrogens is 2. The van der Waals surface area contributed by atoms with Crippen LogP contribution in [-0.2, 0) is 5.41 Å². The second-order valence-electron chi connectivity index (χ2n) is 17.7. The van der Waals surface area contributed by atoms with Crippen LogP contribution in [0.15, 0.2) is 218 Å². The summed E-state index contributed by atoms with van der Waals surface area (Å²) in [5, 5.41) is 7.53. The molecule has 2 aromatic heterocycles. The van der Waals surface area contributed by atoms with Gasteiger partial charge in [0.2, 0.25) is 0 Å². The van der Waals surface area contributed by atoms with E-state index in [9.17, 15) is 0 Å². The predicted octanol–water partition coefficient (Wildman–Crippen LogP) is 16.3. The highest BCUT2D eigenvalue weighted by molar-refractivity contribution is 6.14. The molecule has 1 aliphatic carbocycles. The van der Waals surface area contributed by atoms with Gasteiger partial charge in [0.1, 0.15) is 0 Å². The molecule has 0 unspecified atom stereocenters. The van der Waals surface area contributed by atoms with E-state index in [1.165, 1.54) is 110 Å². The molecule has 0 radical (unpaired) electrons. The monoisotopic (exact) mass is 802 g/mol. The van der Waals surface area contributed by atoms with Crippen LogP contribution in [0.3, 0.4) is 0 Å². The molecule has 0 aliphatic heterocycles. The quantitative estimate of drug-likeness (QED) is 0.164. The lowest BCUT2D eigenvalue weighted by molar-refractivity contribution is 0.661. The van der Waals surface area contributed by atoms with Crippen molar-refractivity contribution in [1.82, 2.24) is 9.13 Å². The molecular formula is C61H42N2. The molecule has 0 spiro atoms. The summed E-state index contributed by atoms with van der Waals surface area (Å²) in [5.41, 5.74) is 19.6. The van der Waals surface area contributed by atoms with E-state index in [-0.39, 0.29) is 5.41 Å². The van der Waals surface area contributed by atoms with Crippen molar-refractivity contribution >= 4 is 54.4 Å². The van der Waals surface area contributed by atoms with Gasteiger partial charge in [-0.15, -0.1) is 0 Å². The Balaban J connectivity index is 1.09. The number of benzene rings is 10. The first-order valence-electron chi connectivity index (χ1n) is 22.0. The third-order valence-corrected chi connectivity index (χ3v) is 13.9. The van der Waals surface area contributed by atoms with Crippen molar-refractivity contribution in [1.29, 1.82) is 0 Å². The zero-order chi connectivity index (χ0) is 41.8. The summed E-state index contributed by atoms with van der Waals surface area (Å²) in [6, 6.07) is 81.1. The SMILES string of the molecule is CC1(C)c2ccccc2-c2cc3c4cc(-c5cccc6ccccc56)ccc4n(-c4cc(-c5ccccc5)cc(-c5ccc6c(c5)c5ccccc5n6-c5ccccc5)c4)c3cc21. The van der Waals surface area contributed by atoms with E-state index in [0.29, 0.717) is 0 Å². The summed E-state index contributed by atoms with van der Waals surface area (Å²) in [6.45, 7) is 4.77. The molecule has 0 saturated carbocycles. The van der Waals surface area contributed by atoms with Crippen LogP contribution in [0, 0.1) is 0 Å². The zero-order valence-electron chi connectivity index (χ0n) is 35.2. The molecule has 2 heteroatoms. The molecule has 0 bridgehead atoms. The van der Waals surface area contributed by atoms with Crippen LogP contribution in [-0.4, -0.2) is 9.13 Å². The maximum atomic E-state index is 2.53. The second kappa shape index (κ2) is 13.5. The molecule has 0 amide bonds. The number of fused-ring (bicyclic) bond motifs is 10. The number of nitrogens with zero attached hydrogens (tertiary/aromatic N) is 2. The largest absolute Gasteiger partial charge is 0.309 e. The maximum Gasteiger partial charge on any atom is 0.0544 e. The standard InChI is InChI=1S/C61H42N2/c1-61(2)55-26-13-11-23-49(55)51-37-54-53-36-42(48-25-15-19-40-18-9-10-22-47(40)48)29-31-59(53)63(60(54)38-56(51)61)46-33-43(39-16-5-3-6-17-39)32-44(34-46)41-28-30-58-52(35-41)50-24-12-14-27-57(50)62(58)45-20-7-4-8-21-45/h3-38H,1-2H3. The lowest BCUT2D eigenvalue weighted by Gasteiger charge is -2.22. The first-order valence-corrected chi connectivity index (χ1v) is 22.0. The van der Waals surface area contributed by atoms with Crippen LogP contribution in [0.25, 0.3) is 110 Å². The average molecular weight is 803 g/mol. The molecule has 12 aromatic rings. The molecule has 0 saturated heterocycles. The summed E-state index contributed by atoms with van der Waals surface area (Å²) in [7, 11) is 0. The van der Waals surface area contributed by atoms with Crippen molar-refractivity contribution in [3.63, 3.8) is 0 Å². The van der Waals surface area contributed by atoms with E-state index in [1.54, 1.807) is 0 Å². The van der Waals surface area contributed by atoms with Gasteiger partial charge in [-0.25, -0.2) is 0 Å². The topological polar surface area (TPSA) is 9.86 Å². The van der Waals surface area contributed by atoms with Gasteiger partial charge in [-0.3, -0.25) is 0 Å². The molecule has 0 N–H and O–H groups in total. The van der Waals surface area contributed by atoms with E-state index in [0.717, 1.165) is 11.4 Å². The van der Waals surface area contributed by atoms with E-state index in [4.69, 9.17) is 0 Å². The van der Waals surface area contributed by atoms with Crippen LogP contribution >= 0.6 is 0 Å². The van der Waals surface area contributed by atoms with Crippen LogP contribution in [0.1, 0.15) is 25.0 Å². The molecule has 2 nitrogen and oxygen atoms in total. The molecule has 2 heterocycles. The molecule has 296 valence electrons. The highest BCUT2D eigenvalue weighted by Crippen LogP contribution is 2.51. The fraction of sp³-hybridized carbons (Fsp3) is 0.0492. The van der Waals surface area contributed by atoms with E-state index >= 15 is 0 Å². The van der Waals surface area contributed by atoms with Gasteiger partial charge in [0.05, 0.1) is 22.1 Å². The second-order valence-corrected chi connectivity index (χ2v) is 17.7. The average Bonchev–Trinajstić information content (AvgIpc) is 3.93. The van der Waals surface area contributed by atoms with Crippen molar-refractivity contribution in [2.75, 3.05) is 0 Å². The Kier molecular flexibility index (Phi) is 7.68. The van der Waals surface area contributed by atoms with Gasteiger partial charge in [-0.05, 0) is 139 Å². The predicted molar refractivity (Wildman–Crippen MR) is 266 cm³/mol. The highest BCUT2D eigenvalue weighted by Gasteiger charge is 2.36. The Morgan fingerprint density at radius 3 is 1.68 bits per heavy atom. The summed E-state index contributed by atoms with van der Waals surface area (Å²) in [4.78, 5) is 0. The fourth-order valence-electron chi connectivity index (χ4n) is 10.8. The van der Waals surface area contributed by atoms with Gasteiger partial charge in [0.25, 0.3) is 0 Å². The zero-order valence-corrected chi connectivity index (χ0v) is 35.2. The van der Waals surface area contributed by atoms with Crippen LogP contribution in [0.2, 0.25) is 0 Å². The maximum absolute atomic E-state index is 2.53. The minimum Gasteiger partial charge on any atom is -0.309 e. The van der Waals surface area contributed by atoms with Crippen LogP contribution in [0.5, 0.6) is 0 Å². The smallest absolute Gasteiger partial charge is 0.0544 e. The number of para-hydroxylation sites is 2. The normalized spacial score (nSPS) is 13.0. The number of rotatable bonds is 5. The lowest BCUT2D eigenvalue weighted by Crippen LogP contribution is -2.15. The van der Waals surface area contributed by atoms with Crippen molar-refractivity contribution in [3.05, 3.63) is 230 Å². The first kappa shape index (κ1) is 35.8. The first-order chi connectivity index (χ1) is 31.0. The van der Waals surface area contributed by atoms with Gasteiger partial charge < -0.3 is 9.13 Å².